The van der Waals surface area contributed by atoms with Gasteiger partial charge in [-0.25, -0.2) is 4.98 Å². The van der Waals surface area contributed by atoms with Gasteiger partial charge in [-0.1, -0.05) is 6.07 Å². The summed E-state index contributed by atoms with van der Waals surface area (Å²) in [5.41, 5.74) is 3.23. The molecule has 0 saturated carbocycles. The average molecular weight is 229 g/mol. The van der Waals surface area contributed by atoms with Gasteiger partial charge in [-0.05, 0) is 44.0 Å². The van der Waals surface area contributed by atoms with E-state index < -0.39 is 0 Å². The van der Waals surface area contributed by atoms with Gasteiger partial charge in [0.05, 0.1) is 0 Å². The zero-order chi connectivity index (χ0) is 12.4. The first-order valence-electron chi connectivity index (χ1n) is 5.47. The molecule has 2 rings (SSSR count). The molecule has 0 spiro atoms. The molecule has 1 aromatic heterocycles. The highest BCUT2D eigenvalue weighted by molar-refractivity contribution is 5.57. The number of nitrogens with one attached hydrogen (secondary N) is 2. The van der Waals surface area contributed by atoms with Crippen LogP contribution in [0.3, 0.4) is 0 Å². The molecule has 0 atom stereocenters. The summed E-state index contributed by atoms with van der Waals surface area (Å²) in [6.45, 7) is 5.87. The van der Waals surface area contributed by atoms with Crippen LogP contribution in [0.5, 0.6) is 0 Å². The predicted octanol–water partition coefficient (Wildman–Crippen LogP) is 2.44. The van der Waals surface area contributed by atoms with Gasteiger partial charge in [0.25, 0.3) is 5.56 Å². The Morgan fingerprint density at radius 2 is 1.88 bits per heavy atom. The van der Waals surface area contributed by atoms with Crippen molar-refractivity contribution in [3.05, 3.63) is 51.6 Å². The Hall–Kier alpha value is -2.10. The van der Waals surface area contributed by atoms with E-state index in [0.29, 0.717) is 11.6 Å². The van der Waals surface area contributed by atoms with Crippen LogP contribution in [-0.4, -0.2) is 9.97 Å². The molecule has 0 saturated heterocycles. The lowest BCUT2D eigenvalue weighted by Gasteiger charge is -2.08. The fraction of sp³-hybridized carbons (Fsp3) is 0.231. The highest BCUT2D eigenvalue weighted by atomic mass is 16.1. The van der Waals surface area contributed by atoms with Gasteiger partial charge in [-0.3, -0.25) is 4.79 Å². The number of hydrogen-bond donors (Lipinski definition) is 2. The van der Waals surface area contributed by atoms with Crippen molar-refractivity contribution in [2.24, 2.45) is 0 Å². The first-order chi connectivity index (χ1) is 8.04. The van der Waals surface area contributed by atoms with Crippen LogP contribution in [0.15, 0.2) is 29.1 Å². The molecule has 1 heterocycles. The van der Waals surface area contributed by atoms with E-state index >= 15 is 0 Å². The van der Waals surface area contributed by atoms with Crippen molar-refractivity contribution in [2.75, 3.05) is 5.32 Å². The fourth-order valence-electron chi connectivity index (χ4n) is 1.61. The summed E-state index contributed by atoms with van der Waals surface area (Å²) in [5.74, 6) is 1.17. The number of aryl methyl sites for hydroxylation is 3. The van der Waals surface area contributed by atoms with Crippen LogP contribution in [-0.2, 0) is 0 Å². The molecule has 0 aliphatic heterocycles. The van der Waals surface area contributed by atoms with Crippen LogP contribution in [0.1, 0.15) is 17.0 Å². The van der Waals surface area contributed by atoms with Crippen LogP contribution in [0.2, 0.25) is 0 Å². The Morgan fingerprint density at radius 1 is 1.12 bits per heavy atom. The lowest BCUT2D eigenvalue weighted by atomic mass is 10.1. The number of rotatable bonds is 2. The summed E-state index contributed by atoms with van der Waals surface area (Å²) in [5, 5.41) is 3.12. The van der Waals surface area contributed by atoms with Crippen molar-refractivity contribution < 1.29 is 0 Å². The third-order valence-electron chi connectivity index (χ3n) is 2.64. The van der Waals surface area contributed by atoms with Crippen LogP contribution < -0.4 is 10.9 Å². The van der Waals surface area contributed by atoms with Gasteiger partial charge >= 0.3 is 0 Å². The Balaban J connectivity index is 2.31. The van der Waals surface area contributed by atoms with E-state index in [1.165, 1.54) is 17.2 Å². The summed E-state index contributed by atoms with van der Waals surface area (Å²) in [4.78, 5) is 18.1. The molecule has 4 heteroatoms. The number of anilines is 2. The Kier molecular flexibility index (Phi) is 2.95. The van der Waals surface area contributed by atoms with Gasteiger partial charge in [0.2, 0.25) is 0 Å². The molecular formula is C13H15N3O. The number of hydrogen-bond acceptors (Lipinski definition) is 3. The van der Waals surface area contributed by atoms with Crippen LogP contribution in [0.4, 0.5) is 11.5 Å². The van der Waals surface area contributed by atoms with Crippen molar-refractivity contribution in [1.82, 2.24) is 9.97 Å². The number of aromatic amines is 1. The maximum absolute atomic E-state index is 11.3. The minimum Gasteiger partial charge on any atom is -0.340 e. The maximum Gasteiger partial charge on any atom is 0.252 e. The smallest absolute Gasteiger partial charge is 0.252 e. The number of nitrogens with zero attached hydrogens (tertiary/aromatic N) is 1. The van der Waals surface area contributed by atoms with Crippen molar-refractivity contribution in [3.8, 4) is 0 Å². The normalized spacial score (nSPS) is 10.3. The third kappa shape index (κ3) is 2.72. The van der Waals surface area contributed by atoms with E-state index in [1.54, 1.807) is 6.92 Å². The summed E-state index contributed by atoms with van der Waals surface area (Å²) >= 11 is 0. The van der Waals surface area contributed by atoms with E-state index in [0.717, 1.165) is 5.69 Å². The standard InChI is InChI=1S/C13H15N3O/c1-8-4-5-11(6-9(8)2)16-12-7-13(17)15-10(3)14-12/h4-7H,1-3H3,(H2,14,15,16,17). The second kappa shape index (κ2) is 4.41. The quantitative estimate of drug-likeness (QED) is 0.831. The molecule has 0 bridgehead atoms. The van der Waals surface area contributed by atoms with Crippen LogP contribution >= 0.6 is 0 Å². The largest absolute Gasteiger partial charge is 0.340 e. The second-order valence-corrected chi connectivity index (χ2v) is 4.14. The van der Waals surface area contributed by atoms with Gasteiger partial charge in [0.15, 0.2) is 0 Å². The van der Waals surface area contributed by atoms with Gasteiger partial charge in [0, 0.05) is 11.8 Å². The highest BCUT2D eigenvalue weighted by Gasteiger charge is 2.00. The Bertz CT molecular complexity index is 602. The molecule has 4 nitrogen and oxygen atoms in total. The number of H-pyrrole nitrogens is 1. The van der Waals surface area contributed by atoms with Gasteiger partial charge in [-0.15, -0.1) is 0 Å². The van der Waals surface area contributed by atoms with Gasteiger partial charge in [-0.2, -0.15) is 0 Å². The monoisotopic (exact) mass is 229 g/mol. The molecule has 0 fully saturated rings. The molecule has 2 N–H and O–H groups in total. The molecule has 17 heavy (non-hydrogen) atoms. The average Bonchev–Trinajstić information content (AvgIpc) is 2.22. The highest BCUT2D eigenvalue weighted by Crippen LogP contribution is 2.17. The summed E-state index contributed by atoms with van der Waals surface area (Å²) in [6, 6.07) is 7.49. The number of aromatic nitrogens is 2. The van der Waals surface area contributed by atoms with Crippen molar-refractivity contribution in [2.45, 2.75) is 20.8 Å². The van der Waals surface area contributed by atoms with Crippen molar-refractivity contribution >= 4 is 11.5 Å². The number of benzene rings is 1. The van der Waals surface area contributed by atoms with Crippen LogP contribution in [0.25, 0.3) is 0 Å². The zero-order valence-corrected chi connectivity index (χ0v) is 10.2. The lowest BCUT2D eigenvalue weighted by Crippen LogP contribution is -2.09. The summed E-state index contributed by atoms with van der Waals surface area (Å²) in [6.07, 6.45) is 0. The van der Waals surface area contributed by atoms with Gasteiger partial charge < -0.3 is 10.3 Å². The van der Waals surface area contributed by atoms with Crippen molar-refractivity contribution in [1.29, 1.82) is 0 Å². The molecule has 2 aromatic rings. The molecular weight excluding hydrogens is 214 g/mol. The van der Waals surface area contributed by atoms with E-state index in [-0.39, 0.29) is 5.56 Å². The summed E-state index contributed by atoms with van der Waals surface area (Å²) < 4.78 is 0. The lowest BCUT2D eigenvalue weighted by molar-refractivity contribution is 1.02. The molecule has 88 valence electrons. The molecule has 0 amide bonds. The molecule has 0 aliphatic carbocycles. The van der Waals surface area contributed by atoms with Crippen LogP contribution in [0, 0.1) is 20.8 Å². The molecule has 1 aromatic carbocycles. The minimum absolute atomic E-state index is 0.149. The summed E-state index contributed by atoms with van der Waals surface area (Å²) in [7, 11) is 0. The topological polar surface area (TPSA) is 57.8 Å². The van der Waals surface area contributed by atoms with E-state index in [2.05, 4.69) is 29.1 Å². The second-order valence-electron chi connectivity index (χ2n) is 4.14. The predicted molar refractivity (Wildman–Crippen MR) is 68.8 cm³/mol. The SMILES string of the molecule is Cc1nc(Nc2ccc(C)c(C)c2)cc(=O)[nH]1. The third-order valence-corrected chi connectivity index (χ3v) is 2.64. The zero-order valence-electron chi connectivity index (χ0n) is 10.2. The fourth-order valence-corrected chi connectivity index (χ4v) is 1.61. The van der Waals surface area contributed by atoms with Gasteiger partial charge in [0.1, 0.15) is 11.6 Å². The molecule has 0 radical (unpaired) electrons. The first kappa shape index (κ1) is 11.4. The first-order valence-corrected chi connectivity index (χ1v) is 5.47. The van der Waals surface area contributed by atoms with Crippen molar-refractivity contribution in [3.63, 3.8) is 0 Å². The van der Waals surface area contributed by atoms with E-state index in [9.17, 15) is 4.79 Å². The molecule has 0 unspecified atom stereocenters. The maximum atomic E-state index is 11.3. The van der Waals surface area contributed by atoms with E-state index in [1.807, 2.05) is 18.2 Å². The molecule has 0 aliphatic rings. The Labute approximate surface area is 99.7 Å². The minimum atomic E-state index is -0.149. The van der Waals surface area contributed by atoms with E-state index in [4.69, 9.17) is 0 Å². The Morgan fingerprint density at radius 3 is 2.53 bits per heavy atom.